The average molecular weight is 458 g/mol. The molecule has 0 spiro atoms. The number of nitrogens with one attached hydrogen (secondary N) is 1. The molecule has 1 amide bonds. The fraction of sp³-hybridized carbons (Fsp3) is 0.250. The van der Waals surface area contributed by atoms with Crippen LogP contribution in [0.25, 0.3) is 5.57 Å². The molecule has 1 N–H and O–H groups in total. The topological polar surface area (TPSA) is 75.7 Å². The lowest BCUT2D eigenvalue weighted by atomic mass is 10.1. The summed E-state index contributed by atoms with van der Waals surface area (Å²) >= 11 is 0. The number of nitrogens with zero attached hydrogens (tertiary/aromatic N) is 1. The zero-order valence-electron chi connectivity index (χ0n) is 16.0. The molecule has 0 atom stereocenters. The molecule has 6 nitrogen and oxygen atoms in total. The molecule has 0 radical (unpaired) electrons. The number of allylic oxidation sites excluding steroid dienone is 1. The smallest absolute Gasteiger partial charge is 0.379 e. The molecule has 0 bridgehead atoms. The van der Waals surface area contributed by atoms with Crippen LogP contribution in [0.5, 0.6) is 0 Å². The molecular weight excluding hydrogens is 440 g/mol. The largest absolute Gasteiger partial charge is 0.417 e. The van der Waals surface area contributed by atoms with E-state index in [4.69, 9.17) is 4.74 Å². The van der Waals surface area contributed by atoms with Crippen molar-refractivity contribution >= 4 is 27.2 Å². The van der Waals surface area contributed by atoms with Crippen LogP contribution < -0.4 is 5.32 Å². The van der Waals surface area contributed by atoms with Crippen LogP contribution in [0.15, 0.2) is 59.5 Å². The number of sulfonamides is 1. The van der Waals surface area contributed by atoms with Gasteiger partial charge in [-0.25, -0.2) is 12.8 Å². The summed E-state index contributed by atoms with van der Waals surface area (Å²) in [4.78, 5) is 11.5. The van der Waals surface area contributed by atoms with Crippen molar-refractivity contribution in [3.05, 3.63) is 66.0 Å². The van der Waals surface area contributed by atoms with Gasteiger partial charge in [-0.3, -0.25) is 4.79 Å². The van der Waals surface area contributed by atoms with E-state index in [2.05, 4.69) is 5.32 Å². The van der Waals surface area contributed by atoms with Gasteiger partial charge in [-0.05, 0) is 23.8 Å². The van der Waals surface area contributed by atoms with E-state index >= 15 is 0 Å². The van der Waals surface area contributed by atoms with Crippen molar-refractivity contribution < 1.29 is 35.5 Å². The summed E-state index contributed by atoms with van der Waals surface area (Å²) < 4.78 is 85.9. The van der Waals surface area contributed by atoms with E-state index in [1.54, 1.807) is 0 Å². The number of hydrogen-bond donors (Lipinski definition) is 1. The third-order valence-corrected chi connectivity index (χ3v) is 6.37. The van der Waals surface area contributed by atoms with Gasteiger partial charge < -0.3 is 10.1 Å². The molecule has 1 saturated heterocycles. The minimum Gasteiger partial charge on any atom is -0.379 e. The number of amides is 1. The van der Waals surface area contributed by atoms with E-state index in [0.29, 0.717) is 6.08 Å². The van der Waals surface area contributed by atoms with Gasteiger partial charge >= 0.3 is 6.18 Å². The van der Waals surface area contributed by atoms with Crippen molar-refractivity contribution in [2.45, 2.75) is 11.1 Å². The molecule has 31 heavy (non-hydrogen) atoms. The minimum atomic E-state index is -4.80. The molecule has 1 heterocycles. The summed E-state index contributed by atoms with van der Waals surface area (Å²) in [6, 6.07) is 9.51. The highest BCUT2D eigenvalue weighted by molar-refractivity contribution is 7.89. The Morgan fingerprint density at radius 3 is 2.32 bits per heavy atom. The van der Waals surface area contributed by atoms with Crippen LogP contribution in [-0.2, 0) is 19.6 Å². The van der Waals surface area contributed by atoms with E-state index in [1.165, 1.54) is 30.3 Å². The van der Waals surface area contributed by atoms with E-state index in [0.717, 1.165) is 22.5 Å². The summed E-state index contributed by atoms with van der Waals surface area (Å²) in [6.45, 7) is 0.379. The third-order valence-electron chi connectivity index (χ3n) is 4.45. The zero-order valence-corrected chi connectivity index (χ0v) is 16.8. The third kappa shape index (κ3) is 5.49. The predicted octanol–water partition coefficient (Wildman–Crippen LogP) is 3.43. The predicted molar refractivity (Wildman–Crippen MR) is 105 cm³/mol. The highest BCUT2D eigenvalue weighted by Gasteiger charge is 2.35. The van der Waals surface area contributed by atoms with E-state index in [1.807, 2.05) is 0 Å². The first-order valence-electron chi connectivity index (χ1n) is 9.12. The lowest BCUT2D eigenvalue weighted by Gasteiger charge is -2.26. The highest BCUT2D eigenvalue weighted by Crippen LogP contribution is 2.33. The molecule has 1 fully saturated rings. The van der Waals surface area contributed by atoms with Crippen molar-refractivity contribution in [2.75, 3.05) is 31.6 Å². The maximum atomic E-state index is 14.2. The van der Waals surface area contributed by atoms with Gasteiger partial charge in [0.25, 0.3) is 0 Å². The van der Waals surface area contributed by atoms with Gasteiger partial charge in [-0.1, -0.05) is 30.3 Å². The molecule has 166 valence electrons. The lowest BCUT2D eigenvalue weighted by Crippen LogP contribution is -2.40. The normalized spacial score (nSPS) is 16.2. The summed E-state index contributed by atoms with van der Waals surface area (Å²) in [7, 11) is -4.21. The Hall–Kier alpha value is -2.76. The zero-order chi connectivity index (χ0) is 22.6. The molecule has 0 saturated carbocycles. The summed E-state index contributed by atoms with van der Waals surface area (Å²) in [6.07, 6.45) is -4.43. The highest BCUT2D eigenvalue weighted by atomic mass is 32.2. The Morgan fingerprint density at radius 2 is 1.71 bits per heavy atom. The molecule has 2 aromatic rings. The molecule has 0 unspecified atom stereocenters. The van der Waals surface area contributed by atoms with Crippen molar-refractivity contribution in [3.8, 4) is 0 Å². The van der Waals surface area contributed by atoms with Crippen molar-refractivity contribution in [1.29, 1.82) is 0 Å². The monoisotopic (exact) mass is 458 g/mol. The molecular formula is C20H18F4N2O4S. The second-order valence-corrected chi connectivity index (χ2v) is 8.48. The van der Waals surface area contributed by atoms with Crippen LogP contribution in [0.1, 0.15) is 5.56 Å². The Balaban J connectivity index is 1.88. The summed E-state index contributed by atoms with van der Waals surface area (Å²) in [5, 5.41) is 2.17. The number of halogens is 4. The summed E-state index contributed by atoms with van der Waals surface area (Å²) in [5.74, 6) is -2.18. The first-order chi connectivity index (χ1) is 14.6. The van der Waals surface area contributed by atoms with Crippen molar-refractivity contribution in [2.24, 2.45) is 0 Å². The standard InChI is InChI=1S/C20H18F4N2O4S/c21-17-7-6-15(12-18(17)31(28,29)26-8-10-30-11-9-26)25-19(27)13-16(20(22,23)24)14-4-2-1-3-5-14/h1-7,12-13H,8-11H2,(H,25,27)/b16-13-. The van der Waals surface area contributed by atoms with Gasteiger partial charge in [0, 0.05) is 24.9 Å². The number of alkyl halides is 3. The maximum absolute atomic E-state index is 14.2. The first-order valence-corrected chi connectivity index (χ1v) is 10.6. The van der Waals surface area contributed by atoms with Crippen LogP contribution in [0, 0.1) is 5.82 Å². The number of carbonyl (C=O) groups excluding carboxylic acids is 1. The second kappa shape index (κ2) is 9.16. The Bertz CT molecular complexity index is 1080. The number of rotatable bonds is 5. The number of anilines is 1. The van der Waals surface area contributed by atoms with Crippen LogP contribution >= 0.6 is 0 Å². The van der Waals surface area contributed by atoms with Gasteiger partial charge in [0.15, 0.2) is 0 Å². The maximum Gasteiger partial charge on any atom is 0.417 e. The average Bonchev–Trinajstić information content (AvgIpc) is 2.74. The number of ether oxygens (including phenoxy) is 1. The van der Waals surface area contributed by atoms with Gasteiger partial charge in [-0.15, -0.1) is 0 Å². The van der Waals surface area contributed by atoms with Gasteiger partial charge in [0.05, 0.1) is 18.8 Å². The van der Waals surface area contributed by atoms with Gasteiger partial charge in [0.1, 0.15) is 10.7 Å². The SMILES string of the molecule is O=C(/C=C(/c1ccccc1)C(F)(F)F)Nc1ccc(F)c(S(=O)(=O)N2CCOCC2)c1. The first kappa shape index (κ1) is 22.9. The number of benzene rings is 2. The molecule has 2 aromatic carbocycles. The van der Waals surface area contributed by atoms with Crippen LogP contribution in [0.2, 0.25) is 0 Å². The Morgan fingerprint density at radius 1 is 1.06 bits per heavy atom. The molecule has 1 aliphatic rings. The Labute approximate surface area is 176 Å². The number of hydrogen-bond acceptors (Lipinski definition) is 4. The molecule has 0 aromatic heterocycles. The number of carbonyl (C=O) groups is 1. The minimum absolute atomic E-state index is 0.0348. The van der Waals surface area contributed by atoms with Crippen molar-refractivity contribution in [1.82, 2.24) is 4.31 Å². The summed E-state index contributed by atoms with van der Waals surface area (Å²) in [5.41, 5.74) is -1.54. The Kier molecular flexibility index (Phi) is 6.77. The quantitative estimate of drug-likeness (QED) is 0.550. The van der Waals surface area contributed by atoms with E-state index < -0.39 is 38.4 Å². The molecule has 11 heteroatoms. The lowest BCUT2D eigenvalue weighted by molar-refractivity contribution is -0.112. The van der Waals surface area contributed by atoms with Gasteiger partial charge in [0.2, 0.25) is 15.9 Å². The van der Waals surface area contributed by atoms with E-state index in [-0.39, 0.29) is 37.6 Å². The fourth-order valence-electron chi connectivity index (χ4n) is 2.96. The molecule has 0 aliphatic carbocycles. The van der Waals surface area contributed by atoms with Gasteiger partial charge in [-0.2, -0.15) is 17.5 Å². The van der Waals surface area contributed by atoms with Crippen LogP contribution in [0.4, 0.5) is 23.2 Å². The molecule has 1 aliphatic heterocycles. The number of morpholine rings is 1. The molecule has 3 rings (SSSR count). The van der Waals surface area contributed by atoms with Crippen LogP contribution in [-0.4, -0.2) is 51.1 Å². The fourth-order valence-corrected chi connectivity index (χ4v) is 4.46. The van der Waals surface area contributed by atoms with E-state index in [9.17, 15) is 30.8 Å². The van der Waals surface area contributed by atoms with Crippen LogP contribution in [0.3, 0.4) is 0 Å². The van der Waals surface area contributed by atoms with Crippen molar-refractivity contribution in [3.63, 3.8) is 0 Å². The second-order valence-electron chi connectivity index (χ2n) is 6.57.